The van der Waals surface area contributed by atoms with Gasteiger partial charge in [0.25, 0.3) is 0 Å². The van der Waals surface area contributed by atoms with Gasteiger partial charge in [-0.05, 0) is 13.0 Å². The molecule has 2 heterocycles. The van der Waals surface area contributed by atoms with Gasteiger partial charge in [0.15, 0.2) is 5.65 Å². The van der Waals surface area contributed by atoms with Crippen LogP contribution >= 0.6 is 12.2 Å². The maximum Gasteiger partial charge on any atom is 0.154 e. The summed E-state index contributed by atoms with van der Waals surface area (Å²) < 4.78 is 2.62. The van der Waals surface area contributed by atoms with Gasteiger partial charge in [0.1, 0.15) is 4.64 Å². The fourth-order valence-corrected chi connectivity index (χ4v) is 1.80. The Kier molecular flexibility index (Phi) is 2.19. The van der Waals surface area contributed by atoms with Crippen LogP contribution in [0.2, 0.25) is 0 Å². The number of aromatic amines is 1. The van der Waals surface area contributed by atoms with E-state index in [1.54, 1.807) is 0 Å². The lowest BCUT2D eigenvalue weighted by Crippen LogP contribution is -2.11. The zero-order valence-corrected chi connectivity index (χ0v) is 10.3. The van der Waals surface area contributed by atoms with Crippen LogP contribution in [-0.2, 0) is 5.41 Å². The van der Waals surface area contributed by atoms with Crippen LogP contribution in [0.3, 0.4) is 0 Å². The normalized spacial score (nSPS) is 12.3. The number of aromatic nitrogens is 3. The van der Waals surface area contributed by atoms with E-state index in [1.165, 1.54) is 0 Å². The van der Waals surface area contributed by atoms with E-state index in [-0.39, 0.29) is 5.41 Å². The molecule has 0 amide bonds. The fraction of sp³-hybridized carbons (Fsp3) is 0.455. The minimum Gasteiger partial charge on any atom is -0.295 e. The van der Waals surface area contributed by atoms with Crippen molar-refractivity contribution in [3.8, 4) is 0 Å². The summed E-state index contributed by atoms with van der Waals surface area (Å²) in [5.41, 5.74) is 3.08. The average molecular weight is 221 g/mol. The first-order valence-corrected chi connectivity index (χ1v) is 5.39. The summed E-state index contributed by atoms with van der Waals surface area (Å²) in [5, 5.41) is 3.28. The van der Waals surface area contributed by atoms with Crippen molar-refractivity contribution in [2.75, 3.05) is 0 Å². The first-order chi connectivity index (χ1) is 6.88. The van der Waals surface area contributed by atoms with Crippen molar-refractivity contribution in [1.82, 2.24) is 14.6 Å². The van der Waals surface area contributed by atoms with E-state index < -0.39 is 0 Å². The molecule has 0 radical (unpaired) electrons. The Morgan fingerprint density at radius 3 is 2.60 bits per heavy atom. The van der Waals surface area contributed by atoms with Crippen molar-refractivity contribution in [2.45, 2.75) is 33.1 Å². The first-order valence-electron chi connectivity index (χ1n) is 4.98. The number of H-pyrrole nitrogens is 1. The van der Waals surface area contributed by atoms with E-state index in [4.69, 9.17) is 12.2 Å². The van der Waals surface area contributed by atoms with E-state index in [0.717, 1.165) is 21.7 Å². The number of nitrogens with one attached hydrogen (secondary N) is 1. The zero-order chi connectivity index (χ0) is 11.2. The molecular weight excluding hydrogens is 206 g/mol. The number of aryl methyl sites for hydroxylation is 1. The van der Waals surface area contributed by atoms with Crippen LogP contribution in [0, 0.1) is 11.6 Å². The molecule has 80 valence electrons. The molecule has 0 saturated heterocycles. The molecule has 0 aliphatic carbocycles. The second-order valence-corrected chi connectivity index (χ2v) is 5.27. The minimum atomic E-state index is 0.0867. The lowest BCUT2D eigenvalue weighted by atomic mass is 9.93. The van der Waals surface area contributed by atoms with Crippen molar-refractivity contribution < 1.29 is 0 Å². The molecule has 2 aromatic heterocycles. The highest BCUT2D eigenvalue weighted by Crippen LogP contribution is 2.21. The Hall–Kier alpha value is -1.16. The second kappa shape index (κ2) is 3.17. The molecule has 2 aromatic rings. The summed E-state index contributed by atoms with van der Waals surface area (Å²) in [5.74, 6) is 0. The van der Waals surface area contributed by atoms with Crippen LogP contribution in [-0.4, -0.2) is 14.6 Å². The maximum absolute atomic E-state index is 5.27. The predicted molar refractivity (Wildman–Crippen MR) is 63.8 cm³/mol. The van der Waals surface area contributed by atoms with Crippen LogP contribution in [0.5, 0.6) is 0 Å². The number of nitrogens with zero attached hydrogens (tertiary/aromatic N) is 2. The summed E-state index contributed by atoms with van der Waals surface area (Å²) in [6.07, 6.45) is 0. The SMILES string of the molecule is Cc1cc(=S)n2[nH]c(C(C)(C)C)cc2n1. The summed E-state index contributed by atoms with van der Waals surface area (Å²) in [6, 6.07) is 3.95. The number of hydrogen-bond donors (Lipinski definition) is 1. The van der Waals surface area contributed by atoms with Gasteiger partial charge in [0.05, 0.1) is 0 Å². The molecule has 4 heteroatoms. The third-order valence-corrected chi connectivity index (χ3v) is 2.69. The van der Waals surface area contributed by atoms with Gasteiger partial charge < -0.3 is 0 Å². The van der Waals surface area contributed by atoms with Crippen molar-refractivity contribution in [2.24, 2.45) is 0 Å². The molecule has 0 fully saturated rings. The van der Waals surface area contributed by atoms with Crippen molar-refractivity contribution in [3.63, 3.8) is 0 Å². The topological polar surface area (TPSA) is 33.1 Å². The third-order valence-electron chi connectivity index (χ3n) is 2.39. The molecule has 0 bridgehead atoms. The zero-order valence-electron chi connectivity index (χ0n) is 9.46. The molecule has 0 aliphatic heterocycles. The molecule has 0 unspecified atom stereocenters. The average Bonchev–Trinajstić information content (AvgIpc) is 2.46. The molecule has 2 rings (SSSR count). The van der Waals surface area contributed by atoms with Crippen molar-refractivity contribution in [1.29, 1.82) is 0 Å². The Bertz CT molecular complexity index is 557. The van der Waals surface area contributed by atoms with E-state index in [0.29, 0.717) is 0 Å². The van der Waals surface area contributed by atoms with Gasteiger partial charge in [-0.3, -0.25) is 5.10 Å². The molecule has 0 atom stereocenters. The largest absolute Gasteiger partial charge is 0.295 e. The molecule has 0 saturated carbocycles. The van der Waals surface area contributed by atoms with Crippen LogP contribution in [0.15, 0.2) is 12.1 Å². The molecule has 0 spiro atoms. The van der Waals surface area contributed by atoms with Gasteiger partial charge >= 0.3 is 0 Å². The highest BCUT2D eigenvalue weighted by atomic mass is 32.1. The third kappa shape index (κ3) is 1.81. The van der Waals surface area contributed by atoms with Crippen LogP contribution in [0.1, 0.15) is 32.2 Å². The molecule has 0 aliphatic rings. The smallest absolute Gasteiger partial charge is 0.154 e. The lowest BCUT2D eigenvalue weighted by molar-refractivity contribution is 0.562. The quantitative estimate of drug-likeness (QED) is 0.694. The minimum absolute atomic E-state index is 0.0867. The maximum atomic E-state index is 5.27. The molecule has 0 aromatic carbocycles. The molecule has 1 N–H and O–H groups in total. The van der Waals surface area contributed by atoms with E-state index >= 15 is 0 Å². The molecule has 15 heavy (non-hydrogen) atoms. The Morgan fingerprint density at radius 2 is 2.00 bits per heavy atom. The lowest BCUT2D eigenvalue weighted by Gasteiger charge is -2.14. The van der Waals surface area contributed by atoms with Crippen LogP contribution < -0.4 is 0 Å². The fourth-order valence-electron chi connectivity index (χ4n) is 1.49. The van der Waals surface area contributed by atoms with Crippen LogP contribution in [0.25, 0.3) is 5.65 Å². The Morgan fingerprint density at radius 1 is 1.33 bits per heavy atom. The van der Waals surface area contributed by atoms with Gasteiger partial charge in [0, 0.05) is 22.9 Å². The van der Waals surface area contributed by atoms with Gasteiger partial charge in [0.2, 0.25) is 0 Å². The van der Waals surface area contributed by atoms with Gasteiger partial charge in [-0.15, -0.1) is 0 Å². The highest BCUT2D eigenvalue weighted by Gasteiger charge is 2.16. The van der Waals surface area contributed by atoms with Gasteiger partial charge in [-0.1, -0.05) is 33.0 Å². The second-order valence-electron chi connectivity index (χ2n) is 4.85. The van der Waals surface area contributed by atoms with Crippen molar-refractivity contribution >= 4 is 17.9 Å². The van der Waals surface area contributed by atoms with E-state index in [2.05, 4.69) is 36.9 Å². The Labute approximate surface area is 94.1 Å². The van der Waals surface area contributed by atoms with Gasteiger partial charge in [-0.2, -0.15) is 0 Å². The standard InChI is InChI=1S/C11H15N3S/c1-7-5-10(15)14-9(12-7)6-8(13-14)11(2,3)4/h5-6,13H,1-4H3. The molecule has 3 nitrogen and oxygen atoms in total. The number of fused-ring (bicyclic) bond motifs is 1. The summed E-state index contributed by atoms with van der Waals surface area (Å²) in [6.45, 7) is 8.44. The first kappa shape index (κ1) is 10.4. The van der Waals surface area contributed by atoms with E-state index in [9.17, 15) is 0 Å². The Balaban J connectivity index is 2.77. The molecular formula is C11H15N3S. The van der Waals surface area contributed by atoms with Gasteiger partial charge in [-0.25, -0.2) is 9.50 Å². The van der Waals surface area contributed by atoms with E-state index in [1.807, 2.05) is 17.5 Å². The summed E-state index contributed by atoms with van der Waals surface area (Å²) >= 11 is 5.27. The predicted octanol–water partition coefficient (Wildman–Crippen LogP) is 3.00. The summed E-state index contributed by atoms with van der Waals surface area (Å²) in [7, 11) is 0. The van der Waals surface area contributed by atoms with Crippen LogP contribution in [0.4, 0.5) is 0 Å². The highest BCUT2D eigenvalue weighted by molar-refractivity contribution is 7.71. The number of hydrogen-bond acceptors (Lipinski definition) is 2. The number of rotatable bonds is 0. The summed E-state index contributed by atoms with van der Waals surface area (Å²) in [4.78, 5) is 4.44. The monoisotopic (exact) mass is 221 g/mol. The van der Waals surface area contributed by atoms with Crippen molar-refractivity contribution in [3.05, 3.63) is 28.2 Å².